The number of rotatable bonds is 4. The van der Waals surface area contributed by atoms with Crippen molar-refractivity contribution in [3.8, 4) is 29.3 Å². The molecule has 0 saturated heterocycles. The molecule has 0 bridgehead atoms. The highest BCUT2D eigenvalue weighted by molar-refractivity contribution is 6.09. The van der Waals surface area contributed by atoms with Crippen LogP contribution in [0.3, 0.4) is 0 Å². The summed E-state index contributed by atoms with van der Waals surface area (Å²) >= 11 is 0. The van der Waals surface area contributed by atoms with E-state index in [-0.39, 0.29) is 11.6 Å². The van der Waals surface area contributed by atoms with E-state index >= 15 is 0 Å². The third kappa shape index (κ3) is 4.57. The van der Waals surface area contributed by atoms with Crippen molar-refractivity contribution in [1.82, 2.24) is 4.57 Å². The summed E-state index contributed by atoms with van der Waals surface area (Å²) in [7, 11) is 0. The molecule has 6 aromatic rings. The van der Waals surface area contributed by atoms with Crippen molar-refractivity contribution >= 4 is 39.3 Å². The molecule has 3 aliphatic rings. The van der Waals surface area contributed by atoms with Crippen LogP contribution < -0.4 is 4.90 Å². The van der Waals surface area contributed by atoms with Gasteiger partial charge < -0.3 is 9.47 Å². The van der Waals surface area contributed by atoms with Crippen LogP contribution in [0.5, 0.6) is 0 Å². The van der Waals surface area contributed by atoms with E-state index < -0.39 is 5.54 Å². The van der Waals surface area contributed by atoms with Gasteiger partial charge in [0.2, 0.25) is 0 Å². The minimum absolute atomic E-state index is 0.165. The number of aliphatic imine (C=N–C) groups is 1. The van der Waals surface area contributed by atoms with E-state index in [1.807, 2.05) is 66.9 Å². The van der Waals surface area contributed by atoms with Crippen LogP contribution in [0.25, 0.3) is 38.5 Å². The first-order valence-electron chi connectivity index (χ1n) is 17.4. The minimum atomic E-state index is -0.606. The zero-order chi connectivity index (χ0) is 35.6. The van der Waals surface area contributed by atoms with Crippen molar-refractivity contribution in [3.63, 3.8) is 0 Å². The van der Waals surface area contributed by atoms with Gasteiger partial charge in [0.15, 0.2) is 0 Å². The van der Waals surface area contributed by atoms with Gasteiger partial charge in [-0.1, -0.05) is 66.7 Å². The Kier molecular flexibility index (Phi) is 6.91. The molecule has 2 aliphatic heterocycles. The van der Waals surface area contributed by atoms with Gasteiger partial charge in [-0.15, -0.1) is 0 Å². The second-order valence-corrected chi connectivity index (χ2v) is 14.2. The molecule has 3 heterocycles. The summed E-state index contributed by atoms with van der Waals surface area (Å²) in [5.74, 6) is 0. The van der Waals surface area contributed by atoms with Crippen molar-refractivity contribution in [2.24, 2.45) is 4.99 Å². The highest BCUT2D eigenvalue weighted by Crippen LogP contribution is 2.53. The lowest BCUT2D eigenvalue weighted by Crippen LogP contribution is -2.44. The standard InChI is InChI=1S/C46H32N6/c1-45(52-41-17-15-31(28-48)22-38(41)39-23-32(29-49)16-18-42(39)52)25-34(37-12-4-3-11-36(37)33-10-7-9-30(21-33)27-47)24-35(26-45)51-43-14-6-5-13-40(43)46(2)19-8-20-50-44(46)51/h3-25,44H,26H2,1-2H3. The van der Waals surface area contributed by atoms with Gasteiger partial charge in [-0.25, -0.2) is 0 Å². The quantitative estimate of drug-likeness (QED) is 0.187. The van der Waals surface area contributed by atoms with E-state index in [4.69, 9.17) is 4.99 Å². The lowest BCUT2D eigenvalue weighted by atomic mass is 9.80. The molecule has 246 valence electrons. The molecule has 6 nitrogen and oxygen atoms in total. The number of nitriles is 3. The van der Waals surface area contributed by atoms with Gasteiger partial charge in [-0.2, -0.15) is 15.8 Å². The van der Waals surface area contributed by atoms with Crippen LogP contribution in [0, 0.1) is 34.0 Å². The average Bonchev–Trinajstić information content (AvgIpc) is 3.66. The van der Waals surface area contributed by atoms with Crippen molar-refractivity contribution in [2.45, 2.75) is 37.4 Å². The summed E-state index contributed by atoms with van der Waals surface area (Å²) in [6, 6.07) is 43.4. The minimum Gasteiger partial charge on any atom is -0.331 e. The largest absolute Gasteiger partial charge is 0.331 e. The predicted octanol–water partition coefficient (Wildman–Crippen LogP) is 9.91. The third-order valence-corrected chi connectivity index (χ3v) is 11.0. The van der Waals surface area contributed by atoms with Crippen molar-refractivity contribution in [1.29, 1.82) is 15.8 Å². The monoisotopic (exact) mass is 668 g/mol. The molecule has 0 fully saturated rings. The average molecular weight is 669 g/mol. The molecule has 3 atom stereocenters. The zero-order valence-electron chi connectivity index (χ0n) is 28.7. The van der Waals surface area contributed by atoms with Crippen molar-refractivity contribution < 1.29 is 0 Å². The summed E-state index contributed by atoms with van der Waals surface area (Å²) in [5, 5.41) is 31.4. The number of aromatic nitrogens is 1. The Hall–Kier alpha value is -6.94. The van der Waals surface area contributed by atoms with Gasteiger partial charge in [-0.3, -0.25) is 4.99 Å². The molecule has 1 aromatic heterocycles. The van der Waals surface area contributed by atoms with Crippen LogP contribution in [0.2, 0.25) is 0 Å². The fourth-order valence-corrected chi connectivity index (χ4v) is 8.70. The van der Waals surface area contributed by atoms with E-state index in [0.717, 1.165) is 55.5 Å². The van der Waals surface area contributed by atoms with Gasteiger partial charge >= 0.3 is 0 Å². The summed E-state index contributed by atoms with van der Waals surface area (Å²) in [6.07, 6.45) is 11.4. The Morgan fingerprint density at radius 2 is 1.37 bits per heavy atom. The number of benzene rings is 5. The molecule has 0 saturated carbocycles. The fraction of sp³-hybridized carbons (Fsp3) is 0.130. The molecular weight excluding hydrogens is 637 g/mol. The molecule has 0 radical (unpaired) electrons. The Morgan fingerprint density at radius 3 is 2.08 bits per heavy atom. The Bertz CT molecular complexity index is 2680. The van der Waals surface area contributed by atoms with Gasteiger partial charge in [-0.05, 0) is 108 Å². The normalized spacial score (nSPS) is 21.5. The predicted molar refractivity (Wildman–Crippen MR) is 207 cm³/mol. The van der Waals surface area contributed by atoms with E-state index in [2.05, 4.69) is 114 Å². The highest BCUT2D eigenvalue weighted by atomic mass is 15.3. The molecule has 3 unspecified atom stereocenters. The van der Waals surface area contributed by atoms with Crippen LogP contribution in [-0.2, 0) is 11.0 Å². The summed E-state index contributed by atoms with van der Waals surface area (Å²) in [6.45, 7) is 4.55. The number of dihydropyridines is 1. The molecule has 1 aliphatic carbocycles. The van der Waals surface area contributed by atoms with Crippen LogP contribution in [-0.4, -0.2) is 16.9 Å². The Morgan fingerprint density at radius 1 is 0.712 bits per heavy atom. The van der Waals surface area contributed by atoms with Crippen LogP contribution in [0.4, 0.5) is 5.69 Å². The molecule has 9 rings (SSSR count). The van der Waals surface area contributed by atoms with Crippen LogP contribution >= 0.6 is 0 Å². The number of hydrogen-bond acceptors (Lipinski definition) is 5. The van der Waals surface area contributed by atoms with E-state index in [1.54, 1.807) is 0 Å². The van der Waals surface area contributed by atoms with Gasteiger partial charge in [0.05, 0.1) is 45.9 Å². The van der Waals surface area contributed by atoms with Crippen LogP contribution in [0.15, 0.2) is 144 Å². The summed E-state index contributed by atoms with van der Waals surface area (Å²) in [4.78, 5) is 7.55. The van der Waals surface area contributed by atoms with E-state index in [0.29, 0.717) is 23.1 Å². The number of fused-ring (bicyclic) bond motifs is 6. The fourth-order valence-electron chi connectivity index (χ4n) is 8.70. The molecule has 0 amide bonds. The van der Waals surface area contributed by atoms with Crippen LogP contribution in [0.1, 0.15) is 48.1 Å². The summed E-state index contributed by atoms with van der Waals surface area (Å²) < 4.78 is 2.39. The molecule has 5 aromatic carbocycles. The Balaban J connectivity index is 1.33. The zero-order valence-corrected chi connectivity index (χ0v) is 28.7. The molecular formula is C46H32N6. The SMILES string of the molecule is CC12C=CC=NC1N(C1=CC(c3ccccc3-c3cccc(C#N)c3)=CC(C)(n3c4ccc(C#N)cc4c4cc(C#N)ccc43)C1)c1ccccc12. The van der Waals surface area contributed by atoms with Crippen molar-refractivity contribution in [2.75, 3.05) is 4.90 Å². The maximum atomic E-state index is 9.88. The Labute approximate surface area is 302 Å². The lowest BCUT2D eigenvalue weighted by Gasteiger charge is -2.41. The van der Waals surface area contributed by atoms with Gasteiger partial charge in [0.1, 0.15) is 6.17 Å². The van der Waals surface area contributed by atoms with E-state index in [1.165, 1.54) is 5.56 Å². The number of nitrogens with zero attached hydrogens (tertiary/aromatic N) is 6. The smallest absolute Gasteiger partial charge is 0.138 e. The number of para-hydroxylation sites is 1. The maximum absolute atomic E-state index is 9.88. The molecule has 6 heteroatoms. The number of anilines is 1. The number of hydrogen-bond donors (Lipinski definition) is 0. The van der Waals surface area contributed by atoms with Gasteiger partial charge in [0, 0.05) is 45.8 Å². The molecule has 0 spiro atoms. The second kappa shape index (κ2) is 11.6. The maximum Gasteiger partial charge on any atom is 0.138 e. The molecule has 0 N–H and O–H groups in total. The lowest BCUT2D eigenvalue weighted by molar-refractivity contribution is 0.410. The summed E-state index contributed by atoms with van der Waals surface area (Å²) in [5.41, 5.74) is 10.5. The first kappa shape index (κ1) is 31.1. The van der Waals surface area contributed by atoms with Crippen molar-refractivity contribution in [3.05, 3.63) is 167 Å². The van der Waals surface area contributed by atoms with E-state index in [9.17, 15) is 15.8 Å². The second-order valence-electron chi connectivity index (χ2n) is 14.2. The first-order valence-corrected chi connectivity index (χ1v) is 17.4. The third-order valence-electron chi connectivity index (χ3n) is 11.0. The molecule has 52 heavy (non-hydrogen) atoms. The highest BCUT2D eigenvalue weighted by Gasteiger charge is 2.49. The topological polar surface area (TPSA) is 91.9 Å². The van der Waals surface area contributed by atoms with Gasteiger partial charge in [0.25, 0.3) is 0 Å². The first-order chi connectivity index (χ1) is 25.3. The number of allylic oxidation sites excluding steroid dienone is 5.